The lowest BCUT2D eigenvalue weighted by molar-refractivity contribution is -0.0499. The molecular weight excluding hydrogens is 377 g/mol. The molecule has 0 bridgehead atoms. The molecule has 1 aromatic heterocycles. The molecule has 0 spiro atoms. The van der Waals surface area contributed by atoms with Crippen LogP contribution in [0.4, 0.5) is 8.78 Å². The van der Waals surface area contributed by atoms with Gasteiger partial charge in [0.05, 0.1) is 6.04 Å². The second kappa shape index (κ2) is 10.2. The van der Waals surface area contributed by atoms with Crippen LogP contribution in [0.15, 0.2) is 41.8 Å². The van der Waals surface area contributed by atoms with Gasteiger partial charge in [0.1, 0.15) is 5.75 Å². The molecule has 1 aromatic carbocycles. The Balaban J connectivity index is 0.00000144. The Bertz CT molecular complexity index is 596. The van der Waals surface area contributed by atoms with Gasteiger partial charge in [0, 0.05) is 31.1 Å². The average Bonchev–Trinajstić information content (AvgIpc) is 3.02. The molecule has 1 aliphatic heterocycles. The van der Waals surface area contributed by atoms with Gasteiger partial charge in [0.2, 0.25) is 0 Å². The number of nitrogens with one attached hydrogen (secondary N) is 1. The molecule has 24 heavy (non-hydrogen) atoms. The summed E-state index contributed by atoms with van der Waals surface area (Å²) in [6.45, 7) is 0.949. The van der Waals surface area contributed by atoms with Crippen molar-refractivity contribution in [3.63, 3.8) is 0 Å². The van der Waals surface area contributed by atoms with Crippen LogP contribution in [0.25, 0.3) is 0 Å². The quantitative estimate of drug-likeness (QED) is 0.819. The van der Waals surface area contributed by atoms with Crippen LogP contribution < -0.4 is 10.1 Å². The highest BCUT2D eigenvalue weighted by atomic mass is 35.5. The summed E-state index contributed by atoms with van der Waals surface area (Å²) in [5.41, 5.74) is 0.988. The monoisotopic (exact) mass is 396 g/mol. The Morgan fingerprint density at radius 2 is 1.83 bits per heavy atom. The number of alkyl halides is 2. The molecule has 1 saturated heterocycles. The molecule has 3 rings (SSSR count). The number of piperazine rings is 1. The van der Waals surface area contributed by atoms with Crippen molar-refractivity contribution in [2.75, 3.05) is 26.2 Å². The maximum absolute atomic E-state index is 12.4. The van der Waals surface area contributed by atoms with Crippen LogP contribution in [0, 0.1) is 0 Å². The molecular formula is C16H20Cl2F2N2OS. The van der Waals surface area contributed by atoms with Crippen molar-refractivity contribution >= 4 is 36.2 Å². The van der Waals surface area contributed by atoms with E-state index in [1.165, 1.54) is 4.88 Å². The normalized spacial score (nSPS) is 16.1. The third-order valence-corrected chi connectivity index (χ3v) is 4.65. The summed E-state index contributed by atoms with van der Waals surface area (Å²) >= 11 is 1.69. The standard InChI is InChI=1S/C16H18F2N2OS.2ClH/c17-16(18)21-13-4-1-3-12(11-13)15(14-5-2-10-22-14)20-8-6-19-7-9-20;;/h1-5,10-11,15-16,19H,6-9H2;2*1H/t15-;;/m1../s1. The zero-order valence-corrected chi connectivity index (χ0v) is 15.3. The van der Waals surface area contributed by atoms with Gasteiger partial charge in [-0.2, -0.15) is 8.78 Å². The molecule has 1 atom stereocenters. The first-order valence-corrected chi connectivity index (χ1v) is 8.15. The van der Waals surface area contributed by atoms with Crippen molar-refractivity contribution in [3.05, 3.63) is 52.2 Å². The summed E-state index contributed by atoms with van der Waals surface area (Å²) in [5, 5.41) is 5.39. The summed E-state index contributed by atoms with van der Waals surface area (Å²) < 4.78 is 29.4. The average molecular weight is 397 g/mol. The minimum absolute atomic E-state index is 0. The molecule has 1 N–H and O–H groups in total. The Hall–Kier alpha value is -0.920. The summed E-state index contributed by atoms with van der Waals surface area (Å²) in [5.74, 6) is 0.212. The highest BCUT2D eigenvalue weighted by Crippen LogP contribution is 2.33. The third kappa shape index (κ3) is 5.29. The van der Waals surface area contributed by atoms with E-state index in [2.05, 4.69) is 21.0 Å². The third-order valence-electron chi connectivity index (χ3n) is 3.73. The molecule has 0 unspecified atom stereocenters. The van der Waals surface area contributed by atoms with E-state index in [1.807, 2.05) is 17.5 Å². The Labute approximate surface area is 156 Å². The van der Waals surface area contributed by atoms with Crippen molar-refractivity contribution in [2.24, 2.45) is 0 Å². The van der Waals surface area contributed by atoms with E-state index in [9.17, 15) is 8.78 Å². The number of ether oxygens (including phenoxy) is 1. The van der Waals surface area contributed by atoms with E-state index in [1.54, 1.807) is 29.5 Å². The van der Waals surface area contributed by atoms with Gasteiger partial charge in [0.25, 0.3) is 0 Å². The van der Waals surface area contributed by atoms with Crippen LogP contribution in [0.5, 0.6) is 5.75 Å². The van der Waals surface area contributed by atoms with Crippen molar-refractivity contribution in [1.29, 1.82) is 0 Å². The maximum Gasteiger partial charge on any atom is 0.387 e. The molecule has 2 aromatic rings. The number of hydrogen-bond donors (Lipinski definition) is 1. The molecule has 3 nitrogen and oxygen atoms in total. The van der Waals surface area contributed by atoms with E-state index < -0.39 is 6.61 Å². The second-order valence-corrected chi connectivity index (χ2v) is 6.13. The number of nitrogens with zero attached hydrogens (tertiary/aromatic N) is 1. The van der Waals surface area contributed by atoms with Gasteiger partial charge >= 0.3 is 6.61 Å². The minimum Gasteiger partial charge on any atom is -0.435 e. The lowest BCUT2D eigenvalue weighted by Crippen LogP contribution is -2.45. The van der Waals surface area contributed by atoms with Crippen LogP contribution >= 0.6 is 36.2 Å². The van der Waals surface area contributed by atoms with Crippen molar-refractivity contribution in [2.45, 2.75) is 12.7 Å². The summed E-state index contributed by atoms with van der Waals surface area (Å²) in [6, 6.07) is 11.2. The van der Waals surface area contributed by atoms with Crippen LogP contribution in [0.2, 0.25) is 0 Å². The molecule has 0 aliphatic carbocycles. The topological polar surface area (TPSA) is 24.5 Å². The number of hydrogen-bond acceptors (Lipinski definition) is 4. The van der Waals surface area contributed by atoms with Gasteiger partial charge in [0.15, 0.2) is 0 Å². The van der Waals surface area contributed by atoms with E-state index in [-0.39, 0.29) is 36.6 Å². The highest BCUT2D eigenvalue weighted by Gasteiger charge is 2.25. The first-order chi connectivity index (χ1) is 10.7. The fraction of sp³-hybridized carbons (Fsp3) is 0.375. The molecule has 1 fully saturated rings. The summed E-state index contributed by atoms with van der Waals surface area (Å²) in [6.07, 6.45) is 0. The van der Waals surface area contributed by atoms with Gasteiger partial charge in [-0.3, -0.25) is 4.90 Å². The van der Waals surface area contributed by atoms with Crippen LogP contribution in [-0.2, 0) is 0 Å². The number of benzene rings is 1. The Morgan fingerprint density at radius 1 is 1.08 bits per heavy atom. The van der Waals surface area contributed by atoms with E-state index >= 15 is 0 Å². The summed E-state index contributed by atoms with van der Waals surface area (Å²) in [4.78, 5) is 3.60. The van der Waals surface area contributed by atoms with Crippen molar-refractivity contribution in [3.8, 4) is 5.75 Å². The van der Waals surface area contributed by atoms with E-state index in [0.29, 0.717) is 0 Å². The zero-order chi connectivity index (χ0) is 15.4. The van der Waals surface area contributed by atoms with Gasteiger partial charge in [-0.15, -0.1) is 36.2 Å². The molecule has 134 valence electrons. The minimum atomic E-state index is -2.80. The van der Waals surface area contributed by atoms with Crippen LogP contribution in [0.3, 0.4) is 0 Å². The molecule has 0 saturated carbocycles. The largest absolute Gasteiger partial charge is 0.435 e. The second-order valence-electron chi connectivity index (χ2n) is 5.15. The highest BCUT2D eigenvalue weighted by molar-refractivity contribution is 7.10. The Morgan fingerprint density at radius 3 is 2.46 bits per heavy atom. The first kappa shape index (κ1) is 21.1. The SMILES string of the molecule is Cl.Cl.FC(F)Oc1cccc([C@H](c2cccs2)N2CCNCC2)c1. The van der Waals surface area contributed by atoms with E-state index in [4.69, 9.17) is 0 Å². The lowest BCUT2D eigenvalue weighted by Gasteiger charge is -2.34. The van der Waals surface area contributed by atoms with Gasteiger partial charge in [-0.05, 0) is 29.1 Å². The number of thiophene rings is 1. The van der Waals surface area contributed by atoms with Crippen LogP contribution in [0.1, 0.15) is 16.5 Å². The van der Waals surface area contributed by atoms with Gasteiger partial charge < -0.3 is 10.1 Å². The molecule has 1 aliphatic rings. The lowest BCUT2D eigenvalue weighted by atomic mass is 10.0. The maximum atomic E-state index is 12.4. The predicted octanol–water partition coefficient (Wildman–Crippen LogP) is 4.19. The number of rotatable bonds is 5. The molecule has 8 heteroatoms. The first-order valence-electron chi connectivity index (χ1n) is 7.27. The fourth-order valence-corrected chi connectivity index (χ4v) is 3.69. The van der Waals surface area contributed by atoms with Crippen molar-refractivity contribution in [1.82, 2.24) is 10.2 Å². The van der Waals surface area contributed by atoms with Gasteiger partial charge in [-0.1, -0.05) is 18.2 Å². The number of halogens is 4. The van der Waals surface area contributed by atoms with Crippen LogP contribution in [-0.4, -0.2) is 37.7 Å². The Kier molecular flexibility index (Phi) is 8.94. The molecule has 2 heterocycles. The fourth-order valence-electron chi connectivity index (χ4n) is 2.80. The van der Waals surface area contributed by atoms with Gasteiger partial charge in [-0.25, -0.2) is 0 Å². The summed E-state index contributed by atoms with van der Waals surface area (Å²) in [7, 11) is 0. The molecule has 0 amide bonds. The zero-order valence-electron chi connectivity index (χ0n) is 12.9. The van der Waals surface area contributed by atoms with E-state index in [0.717, 1.165) is 31.7 Å². The smallest absolute Gasteiger partial charge is 0.387 e. The molecule has 0 radical (unpaired) electrons. The van der Waals surface area contributed by atoms with Crippen molar-refractivity contribution < 1.29 is 13.5 Å². The predicted molar refractivity (Wildman–Crippen MR) is 98.2 cm³/mol.